The molecule has 0 spiro atoms. The van der Waals surface area contributed by atoms with E-state index >= 15 is 0 Å². The number of phenolic OH excluding ortho intramolecular Hbond substituents is 1. The molecule has 3 aromatic rings. The third kappa shape index (κ3) is 4.22. The molecule has 0 unspecified atom stereocenters. The van der Waals surface area contributed by atoms with E-state index < -0.39 is 0 Å². The zero-order chi connectivity index (χ0) is 22.9. The summed E-state index contributed by atoms with van der Waals surface area (Å²) in [5.41, 5.74) is 4.09. The highest BCUT2D eigenvalue weighted by atomic mass is 19.1. The Kier molecular flexibility index (Phi) is 5.60. The van der Waals surface area contributed by atoms with Crippen LogP contribution in [0.4, 0.5) is 10.1 Å². The highest BCUT2D eigenvalue weighted by Crippen LogP contribution is 2.40. The van der Waals surface area contributed by atoms with Gasteiger partial charge in [0.05, 0.1) is 11.1 Å². The van der Waals surface area contributed by atoms with E-state index in [1.807, 2.05) is 31.2 Å². The summed E-state index contributed by atoms with van der Waals surface area (Å²) < 4.78 is 19.2. The van der Waals surface area contributed by atoms with Crippen molar-refractivity contribution in [1.29, 1.82) is 0 Å². The maximum absolute atomic E-state index is 13.2. The number of hydrogen-bond donors (Lipinski definition) is 1. The number of piperazine rings is 1. The summed E-state index contributed by atoms with van der Waals surface area (Å²) in [6.45, 7) is 5.61. The lowest BCUT2D eigenvalue weighted by atomic mass is 10.0. The summed E-state index contributed by atoms with van der Waals surface area (Å²) in [6, 6.07) is 17.5. The third-order valence-electron chi connectivity index (χ3n) is 6.34. The molecule has 0 atom stereocenters. The zero-order valence-electron chi connectivity index (χ0n) is 18.4. The van der Waals surface area contributed by atoms with E-state index in [-0.39, 0.29) is 23.1 Å². The molecule has 2 heterocycles. The molecule has 0 bridgehead atoms. The number of nitrogens with zero attached hydrogens (tertiary/aromatic N) is 2. The lowest BCUT2D eigenvalue weighted by molar-refractivity contribution is 0.101. The van der Waals surface area contributed by atoms with Gasteiger partial charge < -0.3 is 14.7 Å². The maximum Gasteiger partial charge on any atom is 0.231 e. The number of ether oxygens (including phenoxy) is 1. The van der Waals surface area contributed by atoms with Gasteiger partial charge in [0.25, 0.3) is 0 Å². The van der Waals surface area contributed by atoms with Gasteiger partial charge in [0.2, 0.25) is 5.78 Å². The quantitative estimate of drug-likeness (QED) is 0.587. The standard InChI is InChI=1S/C27H25FN2O3/c1-18-4-2-3-5-19(18)16-25-26(32)22-10-11-24(31)23(27(22)33-25)17-29-12-14-30(15-13-29)21-8-6-20(28)7-9-21/h2-11,16,31H,12-15,17H2,1H3/b25-16-. The minimum atomic E-state index is -0.240. The molecule has 0 saturated carbocycles. The second-order valence-corrected chi connectivity index (χ2v) is 8.48. The number of aromatic hydroxyl groups is 1. The summed E-state index contributed by atoms with van der Waals surface area (Å²) >= 11 is 0. The molecule has 5 rings (SSSR count). The number of Topliss-reactive ketones (excluding diaryl/α,β-unsaturated/α-hetero) is 1. The molecule has 168 valence electrons. The van der Waals surface area contributed by atoms with E-state index in [0.29, 0.717) is 23.4 Å². The van der Waals surface area contributed by atoms with Crippen molar-refractivity contribution in [2.45, 2.75) is 13.5 Å². The molecule has 1 N–H and O–H groups in total. The van der Waals surface area contributed by atoms with Gasteiger partial charge in [0, 0.05) is 38.4 Å². The Morgan fingerprint density at radius 3 is 2.45 bits per heavy atom. The number of hydrogen-bond acceptors (Lipinski definition) is 5. The third-order valence-corrected chi connectivity index (χ3v) is 6.34. The van der Waals surface area contributed by atoms with Crippen molar-refractivity contribution >= 4 is 17.5 Å². The van der Waals surface area contributed by atoms with Gasteiger partial charge in [-0.3, -0.25) is 9.69 Å². The number of phenols is 1. The molecule has 33 heavy (non-hydrogen) atoms. The molecule has 0 aliphatic carbocycles. The van der Waals surface area contributed by atoms with E-state index in [4.69, 9.17) is 4.74 Å². The normalized spacial score (nSPS) is 17.3. The van der Waals surface area contributed by atoms with Crippen LogP contribution in [0.3, 0.4) is 0 Å². The molecule has 2 aliphatic rings. The number of aryl methyl sites for hydroxylation is 1. The Morgan fingerprint density at radius 1 is 1.00 bits per heavy atom. The van der Waals surface area contributed by atoms with Gasteiger partial charge in [0.1, 0.15) is 17.3 Å². The first-order valence-corrected chi connectivity index (χ1v) is 11.1. The predicted molar refractivity (Wildman–Crippen MR) is 126 cm³/mol. The van der Waals surface area contributed by atoms with E-state index in [2.05, 4.69) is 9.80 Å². The van der Waals surface area contributed by atoms with E-state index in [1.165, 1.54) is 12.1 Å². The van der Waals surface area contributed by atoms with Crippen LogP contribution < -0.4 is 9.64 Å². The first-order valence-electron chi connectivity index (χ1n) is 11.1. The van der Waals surface area contributed by atoms with E-state index in [0.717, 1.165) is 43.0 Å². The minimum absolute atomic E-state index is 0.125. The smallest absolute Gasteiger partial charge is 0.231 e. The van der Waals surface area contributed by atoms with Crippen molar-refractivity contribution in [3.63, 3.8) is 0 Å². The molecule has 5 nitrogen and oxygen atoms in total. The fourth-order valence-electron chi connectivity index (χ4n) is 4.38. The van der Waals surface area contributed by atoms with Crippen LogP contribution in [0.2, 0.25) is 0 Å². The van der Waals surface area contributed by atoms with Crippen molar-refractivity contribution in [3.8, 4) is 11.5 Å². The van der Waals surface area contributed by atoms with Crippen LogP contribution in [0.1, 0.15) is 27.0 Å². The summed E-state index contributed by atoms with van der Waals surface area (Å²) in [5, 5.41) is 10.6. The molecule has 0 aromatic heterocycles. The number of halogens is 1. The largest absolute Gasteiger partial charge is 0.507 e. The molecular weight excluding hydrogens is 419 g/mol. The number of benzene rings is 3. The molecule has 1 fully saturated rings. The Morgan fingerprint density at radius 2 is 1.73 bits per heavy atom. The van der Waals surface area contributed by atoms with Gasteiger partial charge in [0.15, 0.2) is 5.76 Å². The lowest BCUT2D eigenvalue weighted by Gasteiger charge is -2.36. The van der Waals surface area contributed by atoms with Crippen LogP contribution in [-0.2, 0) is 6.54 Å². The number of carbonyl (C=O) groups is 1. The Hall–Kier alpha value is -3.64. The fourth-order valence-corrected chi connectivity index (χ4v) is 4.38. The second-order valence-electron chi connectivity index (χ2n) is 8.48. The number of rotatable bonds is 4. The van der Waals surface area contributed by atoms with Gasteiger partial charge in [-0.15, -0.1) is 0 Å². The van der Waals surface area contributed by atoms with Gasteiger partial charge in [-0.2, -0.15) is 0 Å². The maximum atomic E-state index is 13.2. The summed E-state index contributed by atoms with van der Waals surface area (Å²) in [5.74, 6) is 0.430. The minimum Gasteiger partial charge on any atom is -0.507 e. The Balaban J connectivity index is 1.33. The van der Waals surface area contributed by atoms with Crippen LogP contribution in [0, 0.1) is 12.7 Å². The van der Waals surface area contributed by atoms with Crippen molar-refractivity contribution in [3.05, 3.63) is 94.5 Å². The van der Waals surface area contributed by atoms with Crippen LogP contribution in [0.5, 0.6) is 11.5 Å². The van der Waals surface area contributed by atoms with Crippen molar-refractivity contribution in [2.75, 3.05) is 31.1 Å². The first-order chi connectivity index (χ1) is 16.0. The number of carbonyl (C=O) groups excluding carboxylic acids is 1. The van der Waals surface area contributed by atoms with Crippen molar-refractivity contribution < 1.29 is 19.0 Å². The number of fused-ring (bicyclic) bond motifs is 1. The molecule has 1 saturated heterocycles. The van der Waals surface area contributed by atoms with Crippen LogP contribution in [0.25, 0.3) is 6.08 Å². The molecule has 2 aliphatic heterocycles. The first kappa shape index (κ1) is 21.2. The molecule has 3 aromatic carbocycles. The molecule has 0 amide bonds. The number of anilines is 1. The van der Waals surface area contributed by atoms with Gasteiger partial charge in [-0.05, 0) is 60.5 Å². The van der Waals surface area contributed by atoms with E-state index in [9.17, 15) is 14.3 Å². The zero-order valence-corrected chi connectivity index (χ0v) is 18.4. The van der Waals surface area contributed by atoms with Crippen molar-refractivity contribution in [1.82, 2.24) is 4.90 Å². The van der Waals surface area contributed by atoms with Crippen LogP contribution >= 0.6 is 0 Å². The SMILES string of the molecule is Cc1ccccc1/C=C1\Oc2c(ccc(O)c2CN2CCN(c3ccc(F)cc3)CC2)C1=O. The van der Waals surface area contributed by atoms with Gasteiger partial charge in [-0.1, -0.05) is 24.3 Å². The summed E-state index contributed by atoms with van der Waals surface area (Å²) in [4.78, 5) is 17.4. The predicted octanol–water partition coefficient (Wildman–Crippen LogP) is 4.78. The Labute approximate surface area is 192 Å². The van der Waals surface area contributed by atoms with E-state index in [1.54, 1.807) is 30.3 Å². The average molecular weight is 445 g/mol. The molecule has 0 radical (unpaired) electrons. The summed E-state index contributed by atoms with van der Waals surface area (Å²) in [7, 11) is 0. The number of allylic oxidation sites excluding steroid dienone is 1. The van der Waals surface area contributed by atoms with Crippen molar-refractivity contribution in [2.24, 2.45) is 0 Å². The summed E-state index contributed by atoms with van der Waals surface area (Å²) in [6.07, 6.45) is 1.76. The second kappa shape index (κ2) is 8.71. The highest BCUT2D eigenvalue weighted by Gasteiger charge is 2.32. The van der Waals surface area contributed by atoms with Crippen LogP contribution in [-0.4, -0.2) is 42.0 Å². The highest BCUT2D eigenvalue weighted by molar-refractivity contribution is 6.15. The number of ketones is 1. The van der Waals surface area contributed by atoms with Gasteiger partial charge >= 0.3 is 0 Å². The monoisotopic (exact) mass is 444 g/mol. The average Bonchev–Trinajstić information content (AvgIpc) is 3.14. The Bertz CT molecular complexity index is 1230. The molecule has 6 heteroatoms. The van der Waals surface area contributed by atoms with Gasteiger partial charge in [-0.25, -0.2) is 4.39 Å². The fraction of sp³-hybridized carbons (Fsp3) is 0.222. The molecular formula is C27H25FN2O3. The van der Waals surface area contributed by atoms with Crippen LogP contribution in [0.15, 0.2) is 66.4 Å². The lowest BCUT2D eigenvalue weighted by Crippen LogP contribution is -2.46. The topological polar surface area (TPSA) is 53.0 Å².